The first-order valence-corrected chi connectivity index (χ1v) is 6.69. The van der Waals surface area contributed by atoms with E-state index in [-0.39, 0.29) is 5.70 Å². The van der Waals surface area contributed by atoms with Crippen LogP contribution in [0.5, 0.6) is 5.75 Å². The number of nitrogens with one attached hydrogen (secondary N) is 1. The average molecular weight is 304 g/mol. The largest absolute Gasteiger partial charge is 0.494 e. The highest BCUT2D eigenvalue weighted by atomic mass is 16.5. The van der Waals surface area contributed by atoms with Gasteiger partial charge in [0.15, 0.2) is 0 Å². The Morgan fingerprint density at radius 2 is 1.95 bits per heavy atom. The smallest absolute Gasteiger partial charge is 0.329 e. The van der Waals surface area contributed by atoms with E-state index in [2.05, 4.69) is 10.1 Å². The molecule has 1 aromatic carbocycles. The zero-order valence-electron chi connectivity index (χ0n) is 12.3. The summed E-state index contributed by atoms with van der Waals surface area (Å²) >= 11 is 0. The highest BCUT2D eigenvalue weighted by Crippen LogP contribution is 2.17. The van der Waals surface area contributed by atoms with E-state index in [9.17, 15) is 14.4 Å². The Bertz CT molecular complexity index is 621. The summed E-state index contributed by atoms with van der Waals surface area (Å²) in [6.45, 7) is 2.04. The molecule has 0 atom stereocenters. The van der Waals surface area contributed by atoms with Gasteiger partial charge in [0, 0.05) is 0 Å². The second kappa shape index (κ2) is 6.75. The van der Waals surface area contributed by atoms with Gasteiger partial charge in [-0.25, -0.2) is 9.69 Å². The number of ether oxygens (including phenoxy) is 2. The summed E-state index contributed by atoms with van der Waals surface area (Å²) in [6, 6.07) is 6.42. The van der Waals surface area contributed by atoms with Gasteiger partial charge in [-0.05, 0) is 30.7 Å². The molecule has 0 radical (unpaired) electrons. The third kappa shape index (κ3) is 3.43. The quantitative estimate of drug-likeness (QED) is 0.501. The predicted octanol–water partition coefficient (Wildman–Crippen LogP) is 1.15. The molecule has 0 aromatic heterocycles. The molecule has 0 bridgehead atoms. The van der Waals surface area contributed by atoms with Gasteiger partial charge in [0.1, 0.15) is 18.0 Å². The normalized spacial score (nSPS) is 15.9. The highest BCUT2D eigenvalue weighted by Gasteiger charge is 2.35. The second-order valence-corrected chi connectivity index (χ2v) is 4.46. The fourth-order valence-electron chi connectivity index (χ4n) is 1.90. The van der Waals surface area contributed by atoms with Crippen LogP contribution >= 0.6 is 0 Å². The van der Waals surface area contributed by atoms with E-state index in [4.69, 9.17) is 4.74 Å². The third-order valence-corrected chi connectivity index (χ3v) is 2.98. The topological polar surface area (TPSA) is 84.9 Å². The number of amides is 3. The van der Waals surface area contributed by atoms with Gasteiger partial charge in [0.2, 0.25) is 0 Å². The lowest BCUT2D eigenvalue weighted by Crippen LogP contribution is -2.36. The molecule has 0 saturated carbocycles. The van der Waals surface area contributed by atoms with E-state index >= 15 is 0 Å². The van der Waals surface area contributed by atoms with Crippen LogP contribution in [0.1, 0.15) is 12.5 Å². The molecule has 116 valence electrons. The Morgan fingerprint density at radius 3 is 2.55 bits per heavy atom. The third-order valence-electron chi connectivity index (χ3n) is 2.98. The lowest BCUT2D eigenvalue weighted by atomic mass is 10.2. The Balaban J connectivity index is 2.13. The molecule has 7 heteroatoms. The fraction of sp³-hybridized carbons (Fsp3) is 0.267. The van der Waals surface area contributed by atoms with Crippen molar-refractivity contribution >= 4 is 24.0 Å². The summed E-state index contributed by atoms with van der Waals surface area (Å²) in [5, 5.41) is 2.43. The molecule has 1 N–H and O–H groups in total. The average Bonchev–Trinajstić information content (AvgIpc) is 2.77. The van der Waals surface area contributed by atoms with Crippen LogP contribution in [0.15, 0.2) is 30.0 Å². The molecule has 3 amide bonds. The standard InChI is InChI=1S/C15H16N2O5/c1-3-22-11-6-4-10(5-7-11)8-12-14(19)17(15(20)16-12)9-13(18)21-2/h4-8H,3,9H2,1-2H3,(H,16,20). The molecule has 22 heavy (non-hydrogen) atoms. The van der Waals surface area contributed by atoms with Gasteiger partial charge in [-0.1, -0.05) is 12.1 Å². The first-order valence-electron chi connectivity index (χ1n) is 6.69. The van der Waals surface area contributed by atoms with Crippen LogP contribution in [0, 0.1) is 0 Å². The Kier molecular flexibility index (Phi) is 4.77. The SMILES string of the molecule is CCOc1ccc(C=C2NC(=O)N(CC(=O)OC)C2=O)cc1. The lowest BCUT2D eigenvalue weighted by molar-refractivity contribution is -0.143. The van der Waals surface area contributed by atoms with Crippen molar-refractivity contribution in [3.8, 4) is 5.75 Å². The van der Waals surface area contributed by atoms with Crippen molar-refractivity contribution in [1.82, 2.24) is 10.2 Å². The number of esters is 1. The summed E-state index contributed by atoms with van der Waals surface area (Å²) in [6.07, 6.45) is 1.53. The van der Waals surface area contributed by atoms with Crippen molar-refractivity contribution in [3.05, 3.63) is 35.5 Å². The molecular formula is C15H16N2O5. The molecule has 1 aliphatic rings. The molecular weight excluding hydrogens is 288 g/mol. The van der Waals surface area contributed by atoms with Crippen LogP contribution in [0.3, 0.4) is 0 Å². The van der Waals surface area contributed by atoms with Gasteiger partial charge in [0.05, 0.1) is 13.7 Å². The molecule has 0 aliphatic carbocycles. The van der Waals surface area contributed by atoms with Crippen molar-refractivity contribution < 1.29 is 23.9 Å². The van der Waals surface area contributed by atoms with Gasteiger partial charge < -0.3 is 14.8 Å². The van der Waals surface area contributed by atoms with Crippen LogP contribution in [0.25, 0.3) is 6.08 Å². The van der Waals surface area contributed by atoms with Crippen LogP contribution in [0.4, 0.5) is 4.79 Å². The molecule has 1 saturated heterocycles. The molecule has 2 rings (SSSR count). The number of imide groups is 1. The Hall–Kier alpha value is -2.83. The van der Waals surface area contributed by atoms with Gasteiger partial charge >= 0.3 is 12.0 Å². The van der Waals surface area contributed by atoms with Gasteiger partial charge in [-0.15, -0.1) is 0 Å². The number of urea groups is 1. The predicted molar refractivity (Wildman–Crippen MR) is 77.8 cm³/mol. The van der Waals surface area contributed by atoms with Crippen LogP contribution in [-0.2, 0) is 14.3 Å². The summed E-state index contributed by atoms with van der Waals surface area (Å²) in [5.41, 5.74) is 0.838. The monoisotopic (exact) mass is 304 g/mol. The molecule has 0 unspecified atom stereocenters. The van der Waals surface area contributed by atoms with Crippen LogP contribution in [0.2, 0.25) is 0 Å². The minimum atomic E-state index is -0.661. The number of benzene rings is 1. The van der Waals surface area contributed by atoms with Crippen molar-refractivity contribution in [1.29, 1.82) is 0 Å². The Morgan fingerprint density at radius 1 is 1.27 bits per heavy atom. The summed E-state index contributed by atoms with van der Waals surface area (Å²) in [5.74, 6) is -0.506. The van der Waals surface area contributed by atoms with Crippen molar-refractivity contribution in [2.45, 2.75) is 6.92 Å². The van der Waals surface area contributed by atoms with Crippen LogP contribution in [-0.4, -0.2) is 43.1 Å². The number of rotatable bonds is 5. The number of methoxy groups -OCH3 is 1. The minimum Gasteiger partial charge on any atom is -0.494 e. The van der Waals surface area contributed by atoms with E-state index < -0.39 is 24.5 Å². The molecule has 0 spiro atoms. The molecule has 1 aliphatic heterocycles. The van der Waals surface area contributed by atoms with E-state index in [1.54, 1.807) is 24.3 Å². The first kappa shape index (κ1) is 15.6. The second-order valence-electron chi connectivity index (χ2n) is 4.46. The van der Waals surface area contributed by atoms with Crippen molar-refractivity contribution in [3.63, 3.8) is 0 Å². The van der Waals surface area contributed by atoms with Crippen molar-refractivity contribution in [2.75, 3.05) is 20.3 Å². The Labute approximate surface area is 127 Å². The van der Waals surface area contributed by atoms with E-state index in [1.165, 1.54) is 13.2 Å². The number of hydrogen-bond acceptors (Lipinski definition) is 5. The highest BCUT2D eigenvalue weighted by molar-refractivity contribution is 6.15. The lowest BCUT2D eigenvalue weighted by Gasteiger charge is -2.09. The zero-order valence-corrected chi connectivity index (χ0v) is 12.3. The van der Waals surface area contributed by atoms with E-state index in [1.807, 2.05) is 6.92 Å². The maximum atomic E-state index is 12.1. The fourth-order valence-corrected chi connectivity index (χ4v) is 1.90. The van der Waals surface area contributed by atoms with Gasteiger partial charge in [-0.3, -0.25) is 9.59 Å². The number of hydrogen-bond donors (Lipinski definition) is 1. The maximum absolute atomic E-state index is 12.1. The summed E-state index contributed by atoms with van der Waals surface area (Å²) in [7, 11) is 1.19. The van der Waals surface area contributed by atoms with Crippen LogP contribution < -0.4 is 10.1 Å². The first-order chi connectivity index (χ1) is 10.5. The summed E-state index contributed by atoms with van der Waals surface area (Å²) < 4.78 is 9.78. The van der Waals surface area contributed by atoms with E-state index in [0.29, 0.717) is 6.61 Å². The number of carbonyl (C=O) groups is 3. The molecule has 7 nitrogen and oxygen atoms in total. The van der Waals surface area contributed by atoms with E-state index in [0.717, 1.165) is 16.2 Å². The number of carbonyl (C=O) groups excluding carboxylic acids is 3. The molecule has 1 aromatic rings. The summed E-state index contributed by atoms with van der Waals surface area (Å²) in [4.78, 5) is 35.8. The minimum absolute atomic E-state index is 0.109. The van der Waals surface area contributed by atoms with Gasteiger partial charge in [-0.2, -0.15) is 0 Å². The number of nitrogens with zero attached hydrogens (tertiary/aromatic N) is 1. The molecule has 1 fully saturated rings. The van der Waals surface area contributed by atoms with Crippen molar-refractivity contribution in [2.24, 2.45) is 0 Å². The zero-order chi connectivity index (χ0) is 16.1. The van der Waals surface area contributed by atoms with Gasteiger partial charge in [0.25, 0.3) is 5.91 Å². The molecule has 1 heterocycles. The maximum Gasteiger partial charge on any atom is 0.329 e.